The van der Waals surface area contributed by atoms with Crippen molar-refractivity contribution >= 4 is 29.1 Å². The fourth-order valence-corrected chi connectivity index (χ4v) is 2.90. The van der Waals surface area contributed by atoms with Crippen molar-refractivity contribution in [3.8, 4) is 0 Å². The van der Waals surface area contributed by atoms with E-state index in [0.717, 1.165) is 0 Å². The van der Waals surface area contributed by atoms with Crippen LogP contribution in [0.2, 0.25) is 0 Å². The summed E-state index contributed by atoms with van der Waals surface area (Å²) >= 11 is 0. The van der Waals surface area contributed by atoms with Gasteiger partial charge in [-0.2, -0.15) is 0 Å². The van der Waals surface area contributed by atoms with Crippen molar-refractivity contribution in [2.45, 2.75) is 19.3 Å². The molecule has 0 saturated heterocycles. The Balaban J connectivity index is 1.82. The van der Waals surface area contributed by atoms with Gasteiger partial charge < -0.3 is 16.0 Å². The molecule has 134 valence electrons. The normalized spacial score (nSPS) is 15.6. The van der Waals surface area contributed by atoms with Crippen LogP contribution in [0.15, 0.2) is 42.5 Å². The van der Waals surface area contributed by atoms with Crippen LogP contribution in [-0.4, -0.2) is 24.3 Å². The maximum Gasteiger partial charge on any atom is 0.251 e. The molecule has 2 aromatic rings. The molecule has 1 aliphatic heterocycles. The van der Waals surface area contributed by atoms with Crippen molar-refractivity contribution in [2.75, 3.05) is 17.2 Å². The monoisotopic (exact) mass is 355 g/mol. The van der Waals surface area contributed by atoms with Crippen LogP contribution < -0.4 is 16.0 Å². The van der Waals surface area contributed by atoms with Gasteiger partial charge in [0.15, 0.2) is 0 Å². The maximum atomic E-state index is 13.4. The molecule has 1 atom stereocenters. The average Bonchev–Trinajstić information content (AvgIpc) is 2.61. The number of anilines is 2. The molecule has 1 heterocycles. The Hall–Kier alpha value is -3.22. The third-order valence-corrected chi connectivity index (χ3v) is 4.10. The van der Waals surface area contributed by atoms with E-state index >= 15 is 0 Å². The van der Waals surface area contributed by atoms with Crippen molar-refractivity contribution in [3.05, 3.63) is 59.4 Å². The molecule has 6 nitrogen and oxygen atoms in total. The first-order valence-electron chi connectivity index (χ1n) is 8.26. The van der Waals surface area contributed by atoms with Gasteiger partial charge in [0, 0.05) is 29.9 Å². The lowest BCUT2D eigenvalue weighted by Gasteiger charge is -2.25. The van der Waals surface area contributed by atoms with Crippen molar-refractivity contribution in [1.82, 2.24) is 5.32 Å². The number of halogens is 1. The minimum Gasteiger partial charge on any atom is -0.352 e. The molecule has 0 aliphatic carbocycles. The molecule has 1 aliphatic rings. The molecular weight excluding hydrogens is 337 g/mol. The molecule has 3 amide bonds. The first-order valence-corrected chi connectivity index (χ1v) is 8.26. The minimum absolute atomic E-state index is 0.0273. The highest BCUT2D eigenvalue weighted by Crippen LogP contribution is 2.33. The number of amides is 3. The number of hydrogen-bond donors (Lipinski definition) is 3. The smallest absolute Gasteiger partial charge is 0.251 e. The second-order valence-electron chi connectivity index (χ2n) is 5.97. The lowest BCUT2D eigenvalue weighted by Crippen LogP contribution is -2.31. The standard InChI is InChI=1S/C19H18FN3O3/c1-2-21-18(25)11-4-3-5-13(8-11)22-19(26)15-10-17(24)23-16-9-12(20)6-7-14(15)16/h3-9,15H,2,10H2,1H3,(H,21,25)(H,22,26)(H,23,24)/t15-/m1/s1. The van der Waals surface area contributed by atoms with Gasteiger partial charge in [-0.15, -0.1) is 0 Å². The van der Waals surface area contributed by atoms with Gasteiger partial charge >= 0.3 is 0 Å². The van der Waals surface area contributed by atoms with Crippen LogP contribution in [0.1, 0.15) is 35.2 Å². The van der Waals surface area contributed by atoms with Crippen LogP contribution in [0.5, 0.6) is 0 Å². The fraction of sp³-hybridized carbons (Fsp3) is 0.211. The molecule has 0 bridgehead atoms. The summed E-state index contributed by atoms with van der Waals surface area (Å²) in [5.41, 5.74) is 1.74. The highest BCUT2D eigenvalue weighted by Gasteiger charge is 2.31. The molecule has 3 rings (SSSR count). The summed E-state index contributed by atoms with van der Waals surface area (Å²) in [6.45, 7) is 2.32. The van der Waals surface area contributed by atoms with Crippen molar-refractivity contribution in [3.63, 3.8) is 0 Å². The topological polar surface area (TPSA) is 87.3 Å². The van der Waals surface area contributed by atoms with Gasteiger partial charge in [0.2, 0.25) is 11.8 Å². The van der Waals surface area contributed by atoms with Gasteiger partial charge in [-0.1, -0.05) is 12.1 Å². The summed E-state index contributed by atoms with van der Waals surface area (Å²) in [6, 6.07) is 10.5. The molecule has 0 unspecified atom stereocenters. The number of nitrogens with one attached hydrogen (secondary N) is 3. The third kappa shape index (κ3) is 3.72. The minimum atomic E-state index is -0.729. The zero-order chi connectivity index (χ0) is 18.7. The van der Waals surface area contributed by atoms with Crippen LogP contribution in [0.3, 0.4) is 0 Å². The van der Waals surface area contributed by atoms with E-state index in [1.165, 1.54) is 18.2 Å². The van der Waals surface area contributed by atoms with Gasteiger partial charge in [0.25, 0.3) is 5.91 Å². The Bertz CT molecular complexity index is 882. The van der Waals surface area contributed by atoms with E-state index in [2.05, 4.69) is 16.0 Å². The Kier molecular flexibility index (Phi) is 4.97. The van der Waals surface area contributed by atoms with E-state index in [1.54, 1.807) is 24.3 Å². The molecule has 3 N–H and O–H groups in total. The Morgan fingerprint density at radius 2 is 2.04 bits per heavy atom. The number of benzene rings is 2. The second kappa shape index (κ2) is 7.35. The Morgan fingerprint density at radius 3 is 2.81 bits per heavy atom. The van der Waals surface area contributed by atoms with Crippen LogP contribution in [-0.2, 0) is 9.59 Å². The average molecular weight is 355 g/mol. The van der Waals surface area contributed by atoms with Crippen molar-refractivity contribution in [2.24, 2.45) is 0 Å². The van der Waals surface area contributed by atoms with Gasteiger partial charge in [0.1, 0.15) is 5.82 Å². The van der Waals surface area contributed by atoms with E-state index in [4.69, 9.17) is 0 Å². The summed E-state index contributed by atoms with van der Waals surface area (Å²) in [7, 11) is 0. The number of fused-ring (bicyclic) bond motifs is 1. The molecule has 0 saturated carbocycles. The summed E-state index contributed by atoms with van der Waals surface area (Å²) < 4.78 is 13.4. The highest BCUT2D eigenvalue weighted by atomic mass is 19.1. The summed E-state index contributed by atoms with van der Waals surface area (Å²) in [5.74, 6) is -2.19. The van der Waals surface area contributed by atoms with Gasteiger partial charge in [-0.05, 0) is 42.8 Å². The zero-order valence-corrected chi connectivity index (χ0v) is 14.1. The number of carbonyl (C=O) groups is 3. The van der Waals surface area contributed by atoms with E-state index in [0.29, 0.717) is 29.0 Å². The van der Waals surface area contributed by atoms with Gasteiger partial charge in [-0.3, -0.25) is 14.4 Å². The lowest BCUT2D eigenvalue weighted by atomic mass is 9.89. The Labute approximate surface area is 149 Å². The maximum absolute atomic E-state index is 13.4. The molecular formula is C19H18FN3O3. The van der Waals surface area contributed by atoms with Crippen LogP contribution in [0.4, 0.5) is 15.8 Å². The molecule has 26 heavy (non-hydrogen) atoms. The molecule has 7 heteroatoms. The Morgan fingerprint density at radius 1 is 1.23 bits per heavy atom. The largest absolute Gasteiger partial charge is 0.352 e. The quantitative estimate of drug-likeness (QED) is 0.788. The van der Waals surface area contributed by atoms with E-state index in [9.17, 15) is 18.8 Å². The summed E-state index contributed by atoms with van der Waals surface area (Å²) in [4.78, 5) is 36.4. The molecule has 0 aromatic heterocycles. The van der Waals surface area contributed by atoms with Crippen LogP contribution in [0.25, 0.3) is 0 Å². The van der Waals surface area contributed by atoms with Crippen molar-refractivity contribution < 1.29 is 18.8 Å². The fourth-order valence-electron chi connectivity index (χ4n) is 2.90. The first-order chi connectivity index (χ1) is 12.5. The predicted molar refractivity (Wildman–Crippen MR) is 95.5 cm³/mol. The van der Waals surface area contributed by atoms with E-state index < -0.39 is 11.7 Å². The summed E-state index contributed by atoms with van der Waals surface area (Å²) in [5, 5.41) is 8.00. The lowest BCUT2D eigenvalue weighted by molar-refractivity contribution is -0.123. The SMILES string of the molecule is CCNC(=O)c1cccc(NC(=O)[C@@H]2CC(=O)Nc3cc(F)ccc32)c1. The van der Waals surface area contributed by atoms with Crippen molar-refractivity contribution in [1.29, 1.82) is 0 Å². The molecule has 0 radical (unpaired) electrons. The van der Waals surface area contributed by atoms with E-state index in [1.807, 2.05) is 6.92 Å². The predicted octanol–water partition coefficient (Wildman–Crippen LogP) is 2.64. The molecule has 0 fully saturated rings. The second-order valence-corrected chi connectivity index (χ2v) is 5.97. The number of hydrogen-bond acceptors (Lipinski definition) is 3. The third-order valence-electron chi connectivity index (χ3n) is 4.10. The molecule has 0 spiro atoms. The van der Waals surface area contributed by atoms with E-state index in [-0.39, 0.29) is 24.1 Å². The number of carbonyl (C=O) groups excluding carboxylic acids is 3. The van der Waals surface area contributed by atoms with Gasteiger partial charge in [-0.25, -0.2) is 4.39 Å². The highest BCUT2D eigenvalue weighted by molar-refractivity contribution is 6.05. The summed E-state index contributed by atoms with van der Waals surface area (Å²) in [6.07, 6.45) is -0.0273. The zero-order valence-electron chi connectivity index (χ0n) is 14.1. The van der Waals surface area contributed by atoms with Gasteiger partial charge in [0.05, 0.1) is 5.92 Å². The first kappa shape index (κ1) is 17.6. The number of rotatable bonds is 4. The molecule has 2 aromatic carbocycles. The van der Waals surface area contributed by atoms with Crippen LogP contribution in [0, 0.1) is 5.82 Å². The van der Waals surface area contributed by atoms with Crippen LogP contribution >= 0.6 is 0 Å².